The van der Waals surface area contributed by atoms with Gasteiger partial charge in [-0.15, -0.1) is 0 Å². The van der Waals surface area contributed by atoms with E-state index in [4.69, 9.17) is 4.52 Å². The van der Waals surface area contributed by atoms with Crippen LogP contribution in [0.3, 0.4) is 0 Å². The number of aromatic nitrogens is 3. The molecule has 3 heterocycles. The van der Waals surface area contributed by atoms with E-state index in [2.05, 4.69) is 39.1 Å². The molecule has 32 heavy (non-hydrogen) atoms. The van der Waals surface area contributed by atoms with E-state index in [-0.39, 0.29) is 11.8 Å². The number of amides is 1. The highest BCUT2D eigenvalue weighted by Crippen LogP contribution is 2.39. The summed E-state index contributed by atoms with van der Waals surface area (Å²) in [4.78, 5) is 26.9. The van der Waals surface area contributed by atoms with Gasteiger partial charge in [-0.3, -0.25) is 4.79 Å². The zero-order chi connectivity index (χ0) is 21.9. The Morgan fingerprint density at radius 2 is 1.94 bits per heavy atom. The molecule has 3 aromatic rings. The van der Waals surface area contributed by atoms with Crippen LogP contribution < -0.4 is 4.90 Å². The Balaban J connectivity index is 1.32. The smallest absolute Gasteiger partial charge is 0.261 e. The van der Waals surface area contributed by atoms with Crippen molar-refractivity contribution in [2.45, 2.75) is 44.4 Å². The van der Waals surface area contributed by atoms with Gasteiger partial charge in [0.25, 0.3) is 5.89 Å². The van der Waals surface area contributed by atoms with E-state index in [0.717, 1.165) is 68.1 Å². The van der Waals surface area contributed by atoms with Crippen LogP contribution in [0, 0.1) is 0 Å². The van der Waals surface area contributed by atoms with Crippen molar-refractivity contribution in [3.63, 3.8) is 0 Å². The van der Waals surface area contributed by atoms with Crippen LogP contribution in [-0.4, -0.2) is 52.1 Å². The Bertz CT molecular complexity index is 1060. The molecule has 2 fully saturated rings. The standard InChI is InChI=1S/C25H29N5O2/c1-2-20(18-8-4-3-5-9-18)25(31)30-15-7-14-29(16-17-30)23-21(10-6-13-26-23)24-27-22(28-32-24)19-11-12-19/h3-6,8-10,13,19-20H,2,7,11-12,14-17H2,1H3/t20-/m1/s1. The molecule has 166 valence electrons. The van der Waals surface area contributed by atoms with Crippen molar-refractivity contribution in [2.24, 2.45) is 0 Å². The van der Waals surface area contributed by atoms with Crippen molar-refractivity contribution in [1.29, 1.82) is 0 Å². The second kappa shape index (κ2) is 9.10. The molecule has 1 saturated carbocycles. The summed E-state index contributed by atoms with van der Waals surface area (Å²) >= 11 is 0. The molecule has 7 nitrogen and oxygen atoms in total. The number of benzene rings is 1. The molecule has 1 aromatic carbocycles. The van der Waals surface area contributed by atoms with Crippen molar-refractivity contribution in [3.05, 3.63) is 60.0 Å². The molecule has 2 aliphatic rings. The van der Waals surface area contributed by atoms with Crippen molar-refractivity contribution in [1.82, 2.24) is 20.0 Å². The van der Waals surface area contributed by atoms with Crippen molar-refractivity contribution >= 4 is 11.7 Å². The summed E-state index contributed by atoms with van der Waals surface area (Å²) < 4.78 is 5.58. The summed E-state index contributed by atoms with van der Waals surface area (Å²) in [6.45, 7) is 5.08. The molecule has 1 saturated heterocycles. The number of carbonyl (C=O) groups is 1. The molecule has 0 unspecified atom stereocenters. The Kier molecular flexibility index (Phi) is 5.88. The number of hydrogen-bond donors (Lipinski definition) is 0. The number of carbonyl (C=O) groups excluding carboxylic acids is 1. The monoisotopic (exact) mass is 431 g/mol. The highest BCUT2D eigenvalue weighted by Gasteiger charge is 2.31. The summed E-state index contributed by atoms with van der Waals surface area (Å²) in [5.41, 5.74) is 1.96. The fraction of sp³-hybridized carbons (Fsp3) is 0.440. The molecule has 0 radical (unpaired) electrons. The SMILES string of the molecule is CC[C@@H](C(=O)N1CCCN(c2ncccc2-c2nc(C3CC3)no2)CC1)c1ccccc1. The van der Waals surface area contributed by atoms with E-state index in [1.807, 2.05) is 35.2 Å². The van der Waals surface area contributed by atoms with Crippen LogP contribution >= 0.6 is 0 Å². The van der Waals surface area contributed by atoms with E-state index in [9.17, 15) is 4.79 Å². The van der Waals surface area contributed by atoms with Gasteiger partial charge in [0.05, 0.1) is 11.5 Å². The summed E-state index contributed by atoms with van der Waals surface area (Å²) in [5.74, 6) is 2.75. The van der Waals surface area contributed by atoms with Gasteiger partial charge in [0.1, 0.15) is 5.82 Å². The quantitative estimate of drug-likeness (QED) is 0.581. The van der Waals surface area contributed by atoms with Gasteiger partial charge in [-0.05, 0) is 43.4 Å². The second-order valence-corrected chi connectivity index (χ2v) is 8.64. The zero-order valence-corrected chi connectivity index (χ0v) is 18.5. The molecule has 0 spiro atoms. The maximum Gasteiger partial charge on any atom is 0.261 e. The van der Waals surface area contributed by atoms with E-state index in [0.29, 0.717) is 18.4 Å². The first-order chi connectivity index (χ1) is 15.7. The third-order valence-corrected chi connectivity index (χ3v) is 6.42. The van der Waals surface area contributed by atoms with Crippen LogP contribution in [-0.2, 0) is 4.79 Å². The lowest BCUT2D eigenvalue weighted by Crippen LogP contribution is -2.38. The van der Waals surface area contributed by atoms with Gasteiger partial charge in [0.2, 0.25) is 5.91 Å². The average Bonchev–Trinajstić information content (AvgIpc) is 3.62. The summed E-state index contributed by atoms with van der Waals surface area (Å²) in [6, 6.07) is 14.0. The zero-order valence-electron chi connectivity index (χ0n) is 18.5. The number of rotatable bonds is 6. The molecule has 1 aliphatic carbocycles. The second-order valence-electron chi connectivity index (χ2n) is 8.64. The molecule has 7 heteroatoms. The van der Waals surface area contributed by atoms with Gasteiger partial charge in [0, 0.05) is 38.3 Å². The van der Waals surface area contributed by atoms with Crippen LogP contribution in [0.2, 0.25) is 0 Å². The maximum atomic E-state index is 13.3. The molecule has 5 rings (SSSR count). The van der Waals surface area contributed by atoms with Crippen LogP contribution in [0.1, 0.15) is 55.8 Å². The van der Waals surface area contributed by atoms with Gasteiger partial charge in [-0.1, -0.05) is 42.4 Å². The fourth-order valence-electron chi connectivity index (χ4n) is 4.48. The van der Waals surface area contributed by atoms with Gasteiger partial charge >= 0.3 is 0 Å². The van der Waals surface area contributed by atoms with Crippen molar-refractivity contribution in [2.75, 3.05) is 31.1 Å². The number of anilines is 1. The molecule has 1 amide bonds. The molecule has 2 aromatic heterocycles. The lowest BCUT2D eigenvalue weighted by molar-refractivity contribution is -0.132. The van der Waals surface area contributed by atoms with Gasteiger partial charge in [-0.25, -0.2) is 4.98 Å². The summed E-state index contributed by atoms with van der Waals surface area (Å²) in [6.07, 6.45) is 5.76. The highest BCUT2D eigenvalue weighted by molar-refractivity contribution is 5.84. The van der Waals surface area contributed by atoms with Crippen LogP contribution in [0.25, 0.3) is 11.5 Å². The van der Waals surface area contributed by atoms with E-state index < -0.39 is 0 Å². The first-order valence-corrected chi connectivity index (χ1v) is 11.6. The van der Waals surface area contributed by atoms with Crippen LogP contribution in [0.5, 0.6) is 0 Å². The molecular weight excluding hydrogens is 402 g/mol. The van der Waals surface area contributed by atoms with E-state index >= 15 is 0 Å². The van der Waals surface area contributed by atoms with Crippen molar-refractivity contribution < 1.29 is 9.32 Å². The third-order valence-electron chi connectivity index (χ3n) is 6.42. The van der Waals surface area contributed by atoms with E-state index in [1.165, 1.54) is 0 Å². The normalized spacial score (nSPS) is 17.8. The molecule has 0 N–H and O–H groups in total. The largest absolute Gasteiger partial charge is 0.354 e. The Labute approximate surface area is 188 Å². The van der Waals surface area contributed by atoms with Crippen LogP contribution in [0.15, 0.2) is 53.2 Å². The molecule has 1 atom stereocenters. The number of nitrogens with zero attached hydrogens (tertiary/aromatic N) is 5. The first kappa shape index (κ1) is 20.7. The lowest BCUT2D eigenvalue weighted by atomic mass is 9.95. The van der Waals surface area contributed by atoms with Crippen molar-refractivity contribution in [3.8, 4) is 11.5 Å². The Morgan fingerprint density at radius 3 is 2.72 bits per heavy atom. The highest BCUT2D eigenvalue weighted by atomic mass is 16.5. The van der Waals surface area contributed by atoms with Crippen LogP contribution in [0.4, 0.5) is 5.82 Å². The molecular formula is C25H29N5O2. The minimum Gasteiger partial charge on any atom is -0.354 e. The Morgan fingerprint density at radius 1 is 1.09 bits per heavy atom. The first-order valence-electron chi connectivity index (χ1n) is 11.6. The number of pyridine rings is 1. The average molecular weight is 432 g/mol. The summed E-state index contributed by atoms with van der Waals surface area (Å²) in [7, 11) is 0. The molecule has 1 aliphatic heterocycles. The summed E-state index contributed by atoms with van der Waals surface area (Å²) in [5, 5.41) is 4.17. The number of hydrogen-bond acceptors (Lipinski definition) is 6. The maximum absolute atomic E-state index is 13.3. The predicted octanol–water partition coefficient (Wildman–Crippen LogP) is 4.24. The predicted molar refractivity (Wildman–Crippen MR) is 122 cm³/mol. The minimum atomic E-state index is -0.0904. The van der Waals surface area contributed by atoms with E-state index in [1.54, 1.807) is 6.20 Å². The van der Waals surface area contributed by atoms with Gasteiger partial charge < -0.3 is 14.3 Å². The third kappa shape index (κ3) is 4.24. The topological polar surface area (TPSA) is 75.4 Å². The minimum absolute atomic E-state index is 0.0904. The van der Waals surface area contributed by atoms with Gasteiger partial charge in [-0.2, -0.15) is 4.98 Å². The Hall–Kier alpha value is -3.22. The lowest BCUT2D eigenvalue weighted by Gasteiger charge is -2.26. The fourth-order valence-corrected chi connectivity index (χ4v) is 4.48. The molecule has 0 bridgehead atoms. The van der Waals surface area contributed by atoms with Gasteiger partial charge in [0.15, 0.2) is 5.82 Å².